The number of rotatable bonds is 2. The number of ether oxygens (including phenoxy) is 1. The molecule has 0 saturated carbocycles. The van der Waals surface area contributed by atoms with Gasteiger partial charge in [0.15, 0.2) is 0 Å². The van der Waals surface area contributed by atoms with Crippen LogP contribution in [0.2, 0.25) is 5.02 Å². The van der Waals surface area contributed by atoms with Crippen molar-refractivity contribution in [1.29, 1.82) is 0 Å². The Labute approximate surface area is 203 Å². The normalized spacial score (nSPS) is 31.2. The maximum atomic E-state index is 14.0. The highest BCUT2D eigenvalue weighted by Gasteiger charge is 2.62. The zero-order valence-corrected chi connectivity index (χ0v) is 20.4. The van der Waals surface area contributed by atoms with E-state index in [4.69, 9.17) is 16.3 Å². The van der Waals surface area contributed by atoms with Crippen molar-refractivity contribution in [3.05, 3.63) is 63.3 Å². The lowest BCUT2D eigenvalue weighted by atomic mass is 9.75. The zero-order valence-electron chi connectivity index (χ0n) is 18.8. The minimum absolute atomic E-state index is 0.0751. The second-order valence-corrected chi connectivity index (χ2v) is 10.7. The summed E-state index contributed by atoms with van der Waals surface area (Å²) in [6, 6.07) is 7.47. The molecule has 5 aliphatic rings. The van der Waals surface area contributed by atoms with E-state index >= 15 is 0 Å². The Balaban J connectivity index is 1.55. The molecule has 1 aliphatic carbocycles. The van der Waals surface area contributed by atoms with Crippen LogP contribution in [-0.4, -0.2) is 78.1 Å². The molecule has 1 aromatic rings. The fourth-order valence-electron chi connectivity index (χ4n) is 5.91. The van der Waals surface area contributed by atoms with E-state index in [0.717, 1.165) is 22.8 Å². The molecule has 4 aliphatic heterocycles. The van der Waals surface area contributed by atoms with Crippen molar-refractivity contribution >= 4 is 35.0 Å². The summed E-state index contributed by atoms with van der Waals surface area (Å²) in [5.41, 5.74) is 6.27. The average molecular weight is 486 g/mol. The van der Waals surface area contributed by atoms with Crippen molar-refractivity contribution in [2.24, 2.45) is 5.92 Å². The number of hydrazine groups is 1. The number of nitrogens with one attached hydrogen (secondary N) is 2. The number of fused-ring (bicyclic) bond motifs is 1. The van der Waals surface area contributed by atoms with Crippen LogP contribution in [0.5, 0.6) is 0 Å². The molecule has 3 fully saturated rings. The fourth-order valence-corrected chi connectivity index (χ4v) is 7.74. The number of thioether (sulfide) groups is 1. The summed E-state index contributed by atoms with van der Waals surface area (Å²) in [5.74, 6) is 2.07. The summed E-state index contributed by atoms with van der Waals surface area (Å²) in [4.78, 5) is 19.8. The van der Waals surface area contributed by atoms with Crippen LogP contribution in [0.15, 0.2) is 52.7 Å². The standard InChI is InChI=1S/C24H28ClN5O2S/c1-15-7-8-19-24(15)17(13-33-19)21(23(31)29-9-11-32-12-10-29)26-20(16-5-3-4-6-18(16)25)22-27-28(2)14-30(22)24/h3-8,17,21,26-27H,9-14H2,1-2H3/t17?,21-,24?/m0/s1. The molecular weight excluding hydrogens is 458 g/mol. The number of nitrogens with zero attached hydrogens (tertiary/aromatic N) is 3. The summed E-state index contributed by atoms with van der Waals surface area (Å²) in [6.07, 6.45) is 4.47. The third kappa shape index (κ3) is 3.07. The first-order valence-corrected chi connectivity index (χ1v) is 12.8. The van der Waals surface area contributed by atoms with Crippen LogP contribution in [0, 0.1) is 5.92 Å². The van der Waals surface area contributed by atoms with Gasteiger partial charge in [0.25, 0.3) is 0 Å². The largest absolute Gasteiger partial charge is 0.378 e. The van der Waals surface area contributed by atoms with Gasteiger partial charge in [0.05, 0.1) is 30.6 Å². The smallest absolute Gasteiger partial charge is 0.245 e. The Morgan fingerprint density at radius 2 is 2.03 bits per heavy atom. The van der Waals surface area contributed by atoms with E-state index in [2.05, 4.69) is 39.7 Å². The van der Waals surface area contributed by atoms with Crippen LogP contribution >= 0.6 is 23.4 Å². The molecule has 3 atom stereocenters. The molecule has 9 heteroatoms. The van der Waals surface area contributed by atoms with Gasteiger partial charge in [-0.05, 0) is 24.6 Å². The highest BCUT2D eigenvalue weighted by atomic mass is 35.5. The van der Waals surface area contributed by atoms with Crippen LogP contribution in [0.1, 0.15) is 12.5 Å². The van der Waals surface area contributed by atoms with Gasteiger partial charge < -0.3 is 25.3 Å². The van der Waals surface area contributed by atoms with Crippen molar-refractivity contribution in [3.8, 4) is 0 Å². The third-order valence-corrected chi connectivity index (χ3v) is 9.05. The van der Waals surface area contributed by atoms with Gasteiger partial charge in [-0.15, -0.1) is 11.8 Å². The Morgan fingerprint density at radius 3 is 2.82 bits per heavy atom. The Hall–Kier alpha value is -2.13. The van der Waals surface area contributed by atoms with Gasteiger partial charge in [0.2, 0.25) is 5.91 Å². The maximum Gasteiger partial charge on any atom is 0.245 e. The molecule has 1 spiro atoms. The number of hydrogen-bond acceptors (Lipinski definition) is 7. The quantitative estimate of drug-likeness (QED) is 0.667. The van der Waals surface area contributed by atoms with Crippen molar-refractivity contribution in [1.82, 2.24) is 25.6 Å². The van der Waals surface area contributed by atoms with Gasteiger partial charge in [-0.1, -0.05) is 35.9 Å². The molecule has 1 aromatic carbocycles. The van der Waals surface area contributed by atoms with Crippen molar-refractivity contribution in [2.45, 2.75) is 18.5 Å². The Bertz CT molecular complexity index is 1100. The predicted molar refractivity (Wildman–Crippen MR) is 131 cm³/mol. The lowest BCUT2D eigenvalue weighted by Gasteiger charge is -2.44. The van der Waals surface area contributed by atoms with Gasteiger partial charge in [0.1, 0.15) is 17.4 Å². The molecule has 3 saturated heterocycles. The lowest BCUT2D eigenvalue weighted by Crippen LogP contribution is -2.60. The number of benzene rings is 1. The lowest BCUT2D eigenvalue weighted by molar-refractivity contribution is -0.139. The molecule has 7 nitrogen and oxygen atoms in total. The first kappa shape index (κ1) is 21.4. The maximum absolute atomic E-state index is 14.0. The van der Waals surface area contributed by atoms with E-state index in [-0.39, 0.29) is 23.4 Å². The third-order valence-electron chi connectivity index (χ3n) is 7.43. The van der Waals surface area contributed by atoms with Crippen molar-refractivity contribution in [3.63, 3.8) is 0 Å². The molecule has 33 heavy (non-hydrogen) atoms. The van der Waals surface area contributed by atoms with Gasteiger partial charge in [0, 0.05) is 42.3 Å². The molecule has 2 unspecified atom stereocenters. The number of allylic oxidation sites excluding steroid dienone is 2. The molecule has 0 radical (unpaired) electrons. The van der Waals surface area contributed by atoms with Gasteiger partial charge in [-0.25, -0.2) is 5.01 Å². The summed E-state index contributed by atoms with van der Waals surface area (Å²) in [5, 5.41) is 6.48. The summed E-state index contributed by atoms with van der Waals surface area (Å²) in [7, 11) is 2.05. The molecule has 6 rings (SSSR count). The van der Waals surface area contributed by atoms with E-state index in [1.54, 1.807) is 0 Å². The van der Waals surface area contributed by atoms with E-state index in [1.807, 2.05) is 48.0 Å². The number of carbonyl (C=O) groups excluding carboxylic acids is 1. The highest BCUT2D eigenvalue weighted by Crippen LogP contribution is 2.58. The van der Waals surface area contributed by atoms with Crippen LogP contribution in [0.25, 0.3) is 5.70 Å². The van der Waals surface area contributed by atoms with Crippen LogP contribution < -0.4 is 10.7 Å². The number of hydrogen-bond donors (Lipinski definition) is 2. The van der Waals surface area contributed by atoms with E-state index in [9.17, 15) is 4.79 Å². The summed E-state index contributed by atoms with van der Waals surface area (Å²) >= 11 is 8.58. The zero-order chi connectivity index (χ0) is 22.7. The predicted octanol–water partition coefficient (Wildman–Crippen LogP) is 2.45. The van der Waals surface area contributed by atoms with Crippen LogP contribution in [0.4, 0.5) is 0 Å². The molecule has 1 amide bonds. The average Bonchev–Trinajstić information content (AvgIpc) is 3.47. The minimum Gasteiger partial charge on any atom is -0.378 e. The fraction of sp³-hybridized carbons (Fsp3) is 0.458. The first-order valence-electron chi connectivity index (χ1n) is 11.4. The number of amides is 1. The van der Waals surface area contributed by atoms with Crippen molar-refractivity contribution < 1.29 is 9.53 Å². The molecular formula is C24H28ClN5O2S. The Kier molecular flexibility index (Phi) is 5.17. The van der Waals surface area contributed by atoms with E-state index in [1.165, 1.54) is 10.5 Å². The molecule has 2 N–H and O–H groups in total. The monoisotopic (exact) mass is 485 g/mol. The van der Waals surface area contributed by atoms with Gasteiger partial charge in [-0.2, -0.15) is 0 Å². The minimum atomic E-state index is -0.376. The van der Waals surface area contributed by atoms with E-state index < -0.39 is 0 Å². The topological polar surface area (TPSA) is 60.1 Å². The first-order chi connectivity index (χ1) is 16.0. The molecule has 174 valence electrons. The number of halogens is 1. The van der Waals surface area contributed by atoms with E-state index in [0.29, 0.717) is 38.0 Å². The second kappa shape index (κ2) is 7.98. The molecule has 0 bridgehead atoms. The number of morpholine rings is 1. The van der Waals surface area contributed by atoms with Crippen LogP contribution in [-0.2, 0) is 9.53 Å². The van der Waals surface area contributed by atoms with Crippen molar-refractivity contribution in [2.75, 3.05) is 45.8 Å². The van der Waals surface area contributed by atoms with Gasteiger partial charge in [-0.3, -0.25) is 4.79 Å². The Morgan fingerprint density at radius 1 is 1.24 bits per heavy atom. The molecule has 4 heterocycles. The molecule has 0 aromatic heterocycles. The van der Waals surface area contributed by atoms with Gasteiger partial charge >= 0.3 is 0 Å². The summed E-state index contributed by atoms with van der Waals surface area (Å²) in [6.45, 7) is 5.35. The highest BCUT2D eigenvalue weighted by molar-refractivity contribution is 8.03. The number of carbonyl (C=O) groups is 1. The van der Waals surface area contributed by atoms with Crippen LogP contribution in [0.3, 0.4) is 0 Å². The SMILES string of the molecule is CC1=CC=C2SCC3[C@@H](C(=O)N4CCOCC4)NC(c4ccccc4Cl)=C4NN(C)CN4C123. The second-order valence-electron chi connectivity index (χ2n) is 9.21. The summed E-state index contributed by atoms with van der Waals surface area (Å²) < 4.78 is 5.53.